The lowest BCUT2D eigenvalue weighted by molar-refractivity contribution is -0.145. The van der Waals surface area contributed by atoms with E-state index in [1.807, 2.05) is 0 Å². The van der Waals surface area contributed by atoms with Crippen molar-refractivity contribution in [1.29, 1.82) is 0 Å². The molecule has 118 valence electrons. The van der Waals surface area contributed by atoms with E-state index in [9.17, 15) is 18.4 Å². The largest absolute Gasteiger partial charge is 0.481 e. The Hall–Kier alpha value is -2.02. The molecular formula is C15H15F2NO4. The number of hydrogen-bond acceptors (Lipinski definition) is 3. The lowest BCUT2D eigenvalue weighted by Crippen LogP contribution is -2.43. The third-order valence-electron chi connectivity index (χ3n) is 4.12. The predicted octanol–water partition coefficient (Wildman–Crippen LogP) is 1.59. The number of rotatable bonds is 3. The molecule has 3 atom stereocenters. The fourth-order valence-corrected chi connectivity index (χ4v) is 2.74. The predicted molar refractivity (Wildman–Crippen MR) is 70.9 cm³/mol. The Balaban J connectivity index is 1.68. The first kappa shape index (κ1) is 14.9. The van der Waals surface area contributed by atoms with Crippen molar-refractivity contribution in [3.05, 3.63) is 35.4 Å². The topological polar surface area (TPSA) is 66.8 Å². The molecule has 1 amide bonds. The van der Waals surface area contributed by atoms with Crippen molar-refractivity contribution in [3.63, 3.8) is 0 Å². The van der Waals surface area contributed by atoms with E-state index in [2.05, 4.69) is 0 Å². The number of nitrogens with zero attached hydrogens (tertiary/aromatic N) is 1. The summed E-state index contributed by atoms with van der Waals surface area (Å²) in [7, 11) is 0. The van der Waals surface area contributed by atoms with Gasteiger partial charge in [0.1, 0.15) is 6.10 Å². The Labute approximate surface area is 125 Å². The van der Waals surface area contributed by atoms with Gasteiger partial charge >= 0.3 is 5.97 Å². The lowest BCUT2D eigenvalue weighted by atomic mass is 10.1. The average molecular weight is 311 g/mol. The second kappa shape index (κ2) is 5.64. The van der Waals surface area contributed by atoms with Crippen LogP contribution in [0.15, 0.2) is 18.2 Å². The molecule has 1 aliphatic heterocycles. The van der Waals surface area contributed by atoms with E-state index >= 15 is 0 Å². The zero-order valence-corrected chi connectivity index (χ0v) is 11.7. The van der Waals surface area contributed by atoms with Crippen LogP contribution in [0.4, 0.5) is 8.78 Å². The minimum Gasteiger partial charge on any atom is -0.481 e. The second-order valence-corrected chi connectivity index (χ2v) is 5.60. The van der Waals surface area contributed by atoms with Crippen molar-refractivity contribution < 1.29 is 28.2 Å². The normalized spacial score (nSPS) is 27.5. The van der Waals surface area contributed by atoms with Gasteiger partial charge in [-0.3, -0.25) is 9.59 Å². The number of ether oxygens (including phenoxy) is 1. The molecule has 0 spiro atoms. The van der Waals surface area contributed by atoms with Crippen LogP contribution in [0.1, 0.15) is 18.1 Å². The van der Waals surface area contributed by atoms with E-state index in [0.29, 0.717) is 18.5 Å². The number of aliphatic carboxylic acids is 1. The first-order chi connectivity index (χ1) is 10.5. The smallest absolute Gasteiger partial charge is 0.307 e. The SMILES string of the molecule is O=C(O)[C@@H]1C[C@@H]1C(=O)N1CCO[C@@H](c2ccc(F)c(F)c2)C1. The van der Waals surface area contributed by atoms with Crippen LogP contribution in [-0.2, 0) is 14.3 Å². The molecule has 0 aromatic heterocycles. The molecule has 0 unspecified atom stereocenters. The maximum Gasteiger partial charge on any atom is 0.307 e. The van der Waals surface area contributed by atoms with E-state index < -0.39 is 35.5 Å². The van der Waals surface area contributed by atoms with Gasteiger partial charge in [0.2, 0.25) is 5.91 Å². The van der Waals surface area contributed by atoms with Gasteiger partial charge in [-0.2, -0.15) is 0 Å². The van der Waals surface area contributed by atoms with Crippen molar-refractivity contribution in [2.75, 3.05) is 19.7 Å². The Morgan fingerprint density at radius 1 is 1.23 bits per heavy atom. The van der Waals surface area contributed by atoms with Gasteiger partial charge in [0.15, 0.2) is 11.6 Å². The standard InChI is InChI=1S/C15H15F2NO4/c16-11-2-1-8(5-12(11)17)13-7-18(3-4-22-13)14(19)9-6-10(9)15(20)21/h1-2,5,9-10,13H,3-4,6-7H2,(H,20,21)/t9-,10+,13+/m0/s1. The summed E-state index contributed by atoms with van der Waals surface area (Å²) in [6, 6.07) is 3.51. The molecule has 22 heavy (non-hydrogen) atoms. The first-order valence-electron chi connectivity index (χ1n) is 7.05. The van der Waals surface area contributed by atoms with E-state index in [1.54, 1.807) is 4.90 Å². The molecule has 5 nitrogen and oxygen atoms in total. The number of benzene rings is 1. The maximum atomic E-state index is 13.3. The molecule has 7 heteroatoms. The third kappa shape index (κ3) is 2.81. The van der Waals surface area contributed by atoms with E-state index in [0.717, 1.165) is 12.1 Å². The lowest BCUT2D eigenvalue weighted by Gasteiger charge is -2.33. The van der Waals surface area contributed by atoms with Gasteiger partial charge in [-0.1, -0.05) is 6.07 Å². The number of carboxylic acid groups (broad SMARTS) is 1. The monoisotopic (exact) mass is 311 g/mol. The van der Waals surface area contributed by atoms with Gasteiger partial charge in [0, 0.05) is 6.54 Å². The fraction of sp³-hybridized carbons (Fsp3) is 0.467. The highest BCUT2D eigenvalue weighted by atomic mass is 19.2. The number of carbonyl (C=O) groups excluding carboxylic acids is 1. The van der Waals surface area contributed by atoms with E-state index in [1.165, 1.54) is 6.07 Å². The third-order valence-corrected chi connectivity index (χ3v) is 4.12. The summed E-state index contributed by atoms with van der Waals surface area (Å²) in [5.41, 5.74) is 0.460. The summed E-state index contributed by atoms with van der Waals surface area (Å²) >= 11 is 0. The molecular weight excluding hydrogens is 296 g/mol. The number of morpholine rings is 1. The molecule has 3 rings (SSSR count). The average Bonchev–Trinajstić information content (AvgIpc) is 3.30. The molecule has 1 N–H and O–H groups in total. The summed E-state index contributed by atoms with van der Waals surface area (Å²) in [6.45, 7) is 0.869. The van der Waals surface area contributed by atoms with Crippen molar-refractivity contribution in [1.82, 2.24) is 4.90 Å². The Morgan fingerprint density at radius 2 is 2.00 bits per heavy atom. The molecule has 1 saturated heterocycles. The van der Waals surface area contributed by atoms with Crippen LogP contribution in [0, 0.1) is 23.5 Å². The van der Waals surface area contributed by atoms with E-state index in [4.69, 9.17) is 9.84 Å². The van der Waals surface area contributed by atoms with Crippen LogP contribution < -0.4 is 0 Å². The summed E-state index contributed by atoms with van der Waals surface area (Å²) in [4.78, 5) is 24.6. The zero-order chi connectivity index (χ0) is 15.9. The molecule has 1 aromatic carbocycles. The van der Waals surface area contributed by atoms with E-state index in [-0.39, 0.29) is 19.1 Å². The molecule has 1 aromatic rings. The van der Waals surface area contributed by atoms with Crippen LogP contribution in [0.3, 0.4) is 0 Å². The van der Waals surface area contributed by atoms with Gasteiger partial charge in [-0.05, 0) is 24.1 Å². The Kier molecular flexibility index (Phi) is 3.82. The molecule has 2 aliphatic rings. The highest BCUT2D eigenvalue weighted by Crippen LogP contribution is 2.40. The van der Waals surface area contributed by atoms with Crippen molar-refractivity contribution in [3.8, 4) is 0 Å². The molecule has 0 bridgehead atoms. The summed E-state index contributed by atoms with van der Waals surface area (Å²) < 4.78 is 31.8. The second-order valence-electron chi connectivity index (χ2n) is 5.60. The van der Waals surface area contributed by atoms with Crippen LogP contribution in [0.2, 0.25) is 0 Å². The number of halogens is 2. The van der Waals surface area contributed by atoms with Gasteiger partial charge in [-0.25, -0.2) is 8.78 Å². The highest BCUT2D eigenvalue weighted by molar-refractivity contribution is 5.89. The summed E-state index contributed by atoms with van der Waals surface area (Å²) in [6.07, 6.45) is -0.170. The minimum absolute atomic E-state index is 0.205. The Bertz CT molecular complexity index is 622. The number of amides is 1. The summed E-state index contributed by atoms with van der Waals surface area (Å²) in [5, 5.41) is 8.88. The van der Waals surface area contributed by atoms with Crippen molar-refractivity contribution >= 4 is 11.9 Å². The van der Waals surface area contributed by atoms with Gasteiger partial charge in [0.25, 0.3) is 0 Å². The molecule has 1 saturated carbocycles. The maximum absolute atomic E-state index is 13.3. The van der Waals surface area contributed by atoms with Crippen molar-refractivity contribution in [2.24, 2.45) is 11.8 Å². The first-order valence-corrected chi connectivity index (χ1v) is 7.05. The van der Waals surface area contributed by atoms with Gasteiger partial charge in [-0.15, -0.1) is 0 Å². The minimum atomic E-state index is -0.960. The fourth-order valence-electron chi connectivity index (χ4n) is 2.74. The van der Waals surface area contributed by atoms with Gasteiger partial charge < -0.3 is 14.7 Å². The highest BCUT2D eigenvalue weighted by Gasteiger charge is 2.50. The number of carboxylic acids is 1. The van der Waals surface area contributed by atoms with Crippen LogP contribution >= 0.6 is 0 Å². The Morgan fingerprint density at radius 3 is 2.64 bits per heavy atom. The van der Waals surface area contributed by atoms with Gasteiger partial charge in [0.05, 0.1) is 25.0 Å². The molecule has 2 fully saturated rings. The number of hydrogen-bond donors (Lipinski definition) is 1. The van der Waals surface area contributed by atoms with Crippen LogP contribution in [-0.4, -0.2) is 41.6 Å². The zero-order valence-electron chi connectivity index (χ0n) is 11.7. The van der Waals surface area contributed by atoms with Crippen molar-refractivity contribution in [2.45, 2.75) is 12.5 Å². The molecule has 1 aliphatic carbocycles. The van der Waals surface area contributed by atoms with Crippen LogP contribution in [0.25, 0.3) is 0 Å². The molecule has 1 heterocycles. The van der Waals surface area contributed by atoms with Crippen LogP contribution in [0.5, 0.6) is 0 Å². The molecule has 0 radical (unpaired) electrons. The summed E-state index contributed by atoms with van der Waals surface area (Å²) in [5.74, 6) is -4.13. The quantitative estimate of drug-likeness (QED) is 0.920. The number of carbonyl (C=O) groups is 2.